The van der Waals surface area contributed by atoms with Crippen molar-refractivity contribution in [3.8, 4) is 0 Å². The van der Waals surface area contributed by atoms with Crippen LogP contribution in [0.25, 0.3) is 10.8 Å². The second kappa shape index (κ2) is 5.54. The fourth-order valence-corrected chi connectivity index (χ4v) is 3.60. The van der Waals surface area contributed by atoms with Gasteiger partial charge in [0.15, 0.2) is 0 Å². The molecule has 0 bridgehead atoms. The average molecular weight is 301 g/mol. The van der Waals surface area contributed by atoms with E-state index < -0.39 is 0 Å². The monoisotopic (exact) mass is 301 g/mol. The summed E-state index contributed by atoms with van der Waals surface area (Å²) < 4.78 is 0. The molecule has 0 saturated carbocycles. The average Bonchev–Trinajstić information content (AvgIpc) is 2.72. The van der Waals surface area contributed by atoms with Crippen molar-refractivity contribution in [2.45, 2.75) is 12.3 Å². The summed E-state index contributed by atoms with van der Waals surface area (Å²) in [7, 11) is 1.91. The van der Waals surface area contributed by atoms with Crippen molar-refractivity contribution < 1.29 is 4.79 Å². The molecule has 0 fully saturated rings. The van der Waals surface area contributed by atoms with E-state index in [9.17, 15) is 4.79 Å². The molecule has 4 rings (SSSR count). The van der Waals surface area contributed by atoms with Crippen LogP contribution in [0.15, 0.2) is 66.7 Å². The maximum Gasteiger partial charge on any atom is 0.234 e. The van der Waals surface area contributed by atoms with Gasteiger partial charge in [-0.05, 0) is 33.9 Å². The minimum Gasteiger partial charge on any atom is -0.345 e. The number of nitrogens with zero attached hydrogens (tertiary/aromatic N) is 1. The van der Waals surface area contributed by atoms with Crippen molar-refractivity contribution in [1.82, 2.24) is 4.90 Å². The normalized spacial score (nSPS) is 17.9. The van der Waals surface area contributed by atoms with Crippen LogP contribution in [0.3, 0.4) is 0 Å². The molecular weight excluding hydrogens is 282 g/mol. The van der Waals surface area contributed by atoms with Gasteiger partial charge in [-0.25, -0.2) is 0 Å². The predicted octanol–water partition coefficient (Wildman–Crippen LogP) is 3.99. The molecule has 0 unspecified atom stereocenters. The standard InChI is InChI=1S/C21H19NO/c1-22-14-13-16-8-3-5-11-18(16)20(21(22)23)19-12-6-9-15-7-2-4-10-17(15)19/h2-12,20H,13-14H2,1H3/t20-/m1/s1. The number of carbonyl (C=O) groups excluding carboxylic acids is 1. The summed E-state index contributed by atoms with van der Waals surface area (Å²) in [6.07, 6.45) is 0.916. The van der Waals surface area contributed by atoms with E-state index in [1.165, 1.54) is 16.3 Å². The molecule has 2 nitrogen and oxygen atoms in total. The summed E-state index contributed by atoms with van der Waals surface area (Å²) >= 11 is 0. The summed E-state index contributed by atoms with van der Waals surface area (Å²) in [5, 5.41) is 2.35. The Morgan fingerprint density at radius 2 is 1.57 bits per heavy atom. The lowest BCUT2D eigenvalue weighted by Crippen LogP contribution is -2.31. The molecule has 0 aromatic heterocycles. The second-order valence-corrected chi connectivity index (χ2v) is 6.21. The van der Waals surface area contributed by atoms with E-state index in [-0.39, 0.29) is 11.8 Å². The molecule has 3 aromatic carbocycles. The van der Waals surface area contributed by atoms with Gasteiger partial charge in [-0.2, -0.15) is 0 Å². The van der Waals surface area contributed by atoms with Crippen molar-refractivity contribution in [2.75, 3.05) is 13.6 Å². The highest BCUT2D eigenvalue weighted by atomic mass is 16.2. The Morgan fingerprint density at radius 3 is 2.48 bits per heavy atom. The highest BCUT2D eigenvalue weighted by Crippen LogP contribution is 2.35. The lowest BCUT2D eigenvalue weighted by molar-refractivity contribution is -0.130. The van der Waals surface area contributed by atoms with Gasteiger partial charge in [-0.15, -0.1) is 0 Å². The van der Waals surface area contributed by atoms with Crippen LogP contribution in [-0.4, -0.2) is 24.4 Å². The van der Waals surface area contributed by atoms with Gasteiger partial charge in [0.1, 0.15) is 0 Å². The lowest BCUT2D eigenvalue weighted by atomic mass is 9.85. The molecule has 0 saturated heterocycles. The smallest absolute Gasteiger partial charge is 0.234 e. The molecule has 0 radical (unpaired) electrons. The number of likely N-dealkylation sites (N-methyl/N-ethyl adjacent to an activating group) is 1. The Balaban J connectivity index is 1.99. The number of carbonyl (C=O) groups is 1. The van der Waals surface area contributed by atoms with Crippen molar-refractivity contribution >= 4 is 16.7 Å². The minimum atomic E-state index is -0.218. The van der Waals surface area contributed by atoms with Crippen LogP contribution >= 0.6 is 0 Å². The first-order valence-electron chi connectivity index (χ1n) is 8.06. The Kier molecular flexibility index (Phi) is 3.38. The topological polar surface area (TPSA) is 20.3 Å². The van der Waals surface area contributed by atoms with Crippen LogP contribution < -0.4 is 0 Å². The van der Waals surface area contributed by atoms with Crippen LogP contribution in [0, 0.1) is 0 Å². The molecule has 1 atom stereocenters. The Labute approximate surface area is 136 Å². The van der Waals surface area contributed by atoms with Gasteiger partial charge in [0, 0.05) is 13.6 Å². The molecule has 3 aromatic rings. The third kappa shape index (κ3) is 2.31. The molecule has 1 heterocycles. The van der Waals surface area contributed by atoms with E-state index in [0.29, 0.717) is 0 Å². The van der Waals surface area contributed by atoms with E-state index in [2.05, 4.69) is 48.5 Å². The summed E-state index contributed by atoms with van der Waals surface area (Å²) in [5.41, 5.74) is 3.54. The van der Waals surface area contributed by atoms with Crippen molar-refractivity contribution in [2.24, 2.45) is 0 Å². The summed E-state index contributed by atoms with van der Waals surface area (Å²) in [6, 6.07) is 22.9. The first kappa shape index (κ1) is 14.0. The molecule has 2 heteroatoms. The van der Waals surface area contributed by atoms with E-state index in [1.807, 2.05) is 30.1 Å². The van der Waals surface area contributed by atoms with E-state index in [0.717, 1.165) is 24.1 Å². The molecule has 23 heavy (non-hydrogen) atoms. The molecular formula is C21H19NO. The van der Waals surface area contributed by atoms with Crippen LogP contribution in [0.5, 0.6) is 0 Å². The largest absolute Gasteiger partial charge is 0.345 e. The Bertz CT molecular complexity index is 878. The number of amides is 1. The van der Waals surface area contributed by atoms with E-state index >= 15 is 0 Å². The van der Waals surface area contributed by atoms with Gasteiger partial charge >= 0.3 is 0 Å². The number of fused-ring (bicyclic) bond motifs is 2. The first-order valence-corrected chi connectivity index (χ1v) is 8.06. The molecule has 1 aliphatic rings. The Hall–Kier alpha value is -2.61. The van der Waals surface area contributed by atoms with Crippen LogP contribution in [0.2, 0.25) is 0 Å². The zero-order valence-electron chi connectivity index (χ0n) is 13.2. The molecule has 0 spiro atoms. The number of benzene rings is 3. The van der Waals surface area contributed by atoms with Crippen molar-refractivity contribution in [3.63, 3.8) is 0 Å². The molecule has 1 amide bonds. The zero-order chi connectivity index (χ0) is 15.8. The van der Waals surface area contributed by atoms with Crippen LogP contribution in [0.4, 0.5) is 0 Å². The summed E-state index contributed by atoms with van der Waals surface area (Å²) in [5.74, 6) is -0.0314. The van der Waals surface area contributed by atoms with E-state index in [1.54, 1.807) is 0 Å². The molecule has 1 aliphatic heterocycles. The third-order valence-corrected chi connectivity index (χ3v) is 4.84. The second-order valence-electron chi connectivity index (χ2n) is 6.21. The quantitative estimate of drug-likeness (QED) is 0.665. The van der Waals surface area contributed by atoms with Gasteiger partial charge in [0.2, 0.25) is 5.91 Å². The van der Waals surface area contributed by atoms with Crippen LogP contribution in [0.1, 0.15) is 22.6 Å². The zero-order valence-corrected chi connectivity index (χ0v) is 13.2. The number of hydrogen-bond donors (Lipinski definition) is 0. The van der Waals surface area contributed by atoms with Gasteiger partial charge in [0.05, 0.1) is 5.92 Å². The van der Waals surface area contributed by atoms with Gasteiger partial charge in [-0.3, -0.25) is 4.79 Å². The van der Waals surface area contributed by atoms with Crippen molar-refractivity contribution in [3.05, 3.63) is 83.4 Å². The number of rotatable bonds is 1. The predicted molar refractivity (Wildman–Crippen MR) is 93.6 cm³/mol. The maximum atomic E-state index is 13.1. The van der Waals surface area contributed by atoms with Gasteiger partial charge in [-0.1, -0.05) is 66.7 Å². The number of hydrogen-bond acceptors (Lipinski definition) is 1. The van der Waals surface area contributed by atoms with Gasteiger partial charge < -0.3 is 4.90 Å². The minimum absolute atomic E-state index is 0.186. The van der Waals surface area contributed by atoms with Crippen LogP contribution in [-0.2, 0) is 11.2 Å². The molecule has 114 valence electrons. The van der Waals surface area contributed by atoms with E-state index in [4.69, 9.17) is 0 Å². The Morgan fingerprint density at radius 1 is 0.870 bits per heavy atom. The lowest BCUT2D eigenvalue weighted by Gasteiger charge is -2.22. The third-order valence-electron chi connectivity index (χ3n) is 4.84. The summed E-state index contributed by atoms with van der Waals surface area (Å²) in [4.78, 5) is 14.9. The maximum absolute atomic E-state index is 13.1. The molecule has 0 N–H and O–H groups in total. The fraction of sp³-hybridized carbons (Fsp3) is 0.190. The first-order chi connectivity index (χ1) is 11.3. The molecule has 0 aliphatic carbocycles. The van der Waals surface area contributed by atoms with Crippen molar-refractivity contribution in [1.29, 1.82) is 0 Å². The highest BCUT2D eigenvalue weighted by molar-refractivity contribution is 5.95. The van der Waals surface area contributed by atoms with Gasteiger partial charge in [0.25, 0.3) is 0 Å². The highest BCUT2D eigenvalue weighted by Gasteiger charge is 2.31. The fourth-order valence-electron chi connectivity index (χ4n) is 3.60. The summed E-state index contributed by atoms with van der Waals surface area (Å²) in [6.45, 7) is 0.775. The SMILES string of the molecule is CN1CCc2ccccc2[C@H](c2cccc3ccccc23)C1=O.